The van der Waals surface area contributed by atoms with Crippen molar-refractivity contribution < 1.29 is 19.8 Å². The van der Waals surface area contributed by atoms with E-state index in [9.17, 15) is 19.8 Å². The van der Waals surface area contributed by atoms with E-state index in [1.165, 1.54) is 0 Å². The number of carboxylic acid groups (broad SMARTS) is 1. The number of hydrogen-bond acceptors (Lipinski definition) is 3. The average molecular weight is 433 g/mol. The quantitative estimate of drug-likeness (QED) is 0.184. The molecule has 0 aliphatic heterocycles. The molecule has 30 heavy (non-hydrogen) atoms. The number of hydrogen-bond donors (Lipinski definition) is 2. The molecule has 0 radical (unpaired) electrons. The zero-order chi connectivity index (χ0) is 22.6. The van der Waals surface area contributed by atoms with E-state index in [4.69, 9.17) is 0 Å². The second-order valence-electron chi connectivity index (χ2n) is 9.48. The van der Waals surface area contributed by atoms with Crippen LogP contribution < -0.4 is 0 Å². The predicted molar refractivity (Wildman–Crippen MR) is 126 cm³/mol. The van der Waals surface area contributed by atoms with E-state index < -0.39 is 25.6 Å². The molecule has 3 atom stereocenters. The molecule has 0 heterocycles. The van der Waals surface area contributed by atoms with E-state index in [2.05, 4.69) is 38.0 Å². The van der Waals surface area contributed by atoms with Crippen molar-refractivity contribution in [3.63, 3.8) is 0 Å². The van der Waals surface area contributed by atoms with Crippen LogP contribution in [0.15, 0.2) is 24.3 Å². The van der Waals surface area contributed by atoms with Gasteiger partial charge in [0.1, 0.15) is 19.5 Å². The first-order valence-corrected chi connectivity index (χ1v) is 14.9. The van der Waals surface area contributed by atoms with Gasteiger partial charge in [-0.2, -0.15) is 0 Å². The number of Topliss-reactive ketones (excluding diaryl/α,β-unsaturated/α-hetero) is 1. The first-order valence-electron chi connectivity index (χ1n) is 11.4. The molecule has 0 unspecified atom stereocenters. The van der Waals surface area contributed by atoms with E-state index >= 15 is 0 Å². The maximum Gasteiger partial charge on any atom is 0.307 e. The molecule has 0 saturated heterocycles. The number of carbonyl (C=O) groups excluding carboxylic acids is 1. The zero-order valence-electron chi connectivity index (χ0n) is 19.2. The highest BCUT2D eigenvalue weighted by Gasteiger charge is 2.35. The highest BCUT2D eigenvalue weighted by atomic mass is 28.3. The predicted octanol–water partition coefficient (Wildman–Crippen LogP) is 5.53. The highest BCUT2D eigenvalue weighted by molar-refractivity contribution is 6.83. The first-order chi connectivity index (χ1) is 14.1. The van der Waals surface area contributed by atoms with Crippen LogP contribution in [0.4, 0.5) is 0 Å². The van der Waals surface area contributed by atoms with Crippen LogP contribution in [0.1, 0.15) is 71.1 Å². The van der Waals surface area contributed by atoms with Crippen molar-refractivity contribution in [3.8, 4) is 11.5 Å². The van der Waals surface area contributed by atoms with Gasteiger partial charge in [0.05, 0.1) is 5.92 Å². The third kappa shape index (κ3) is 10.4. The van der Waals surface area contributed by atoms with E-state index in [-0.39, 0.29) is 11.7 Å². The van der Waals surface area contributed by atoms with Gasteiger partial charge in [0, 0.05) is 12.3 Å². The third-order valence-corrected chi connectivity index (χ3v) is 6.32. The van der Waals surface area contributed by atoms with Crippen molar-refractivity contribution in [2.45, 2.75) is 96.4 Å². The van der Waals surface area contributed by atoms with Gasteiger partial charge in [0.15, 0.2) is 0 Å². The molecule has 0 amide bonds. The van der Waals surface area contributed by atoms with Gasteiger partial charge in [-0.15, -0.1) is 5.54 Å². The molecular weight excluding hydrogens is 392 g/mol. The van der Waals surface area contributed by atoms with Crippen LogP contribution in [0.5, 0.6) is 0 Å². The van der Waals surface area contributed by atoms with Gasteiger partial charge in [-0.1, -0.05) is 63.6 Å². The molecule has 1 aliphatic rings. The fourth-order valence-corrected chi connectivity index (χ4v) is 4.32. The van der Waals surface area contributed by atoms with Crippen LogP contribution >= 0.6 is 0 Å². The molecule has 0 bridgehead atoms. The Bertz CT molecular complexity index is 677. The van der Waals surface area contributed by atoms with Gasteiger partial charge >= 0.3 is 5.97 Å². The molecule has 0 aromatic heterocycles. The van der Waals surface area contributed by atoms with E-state index in [0.29, 0.717) is 38.5 Å². The molecule has 4 nitrogen and oxygen atoms in total. The topological polar surface area (TPSA) is 74.6 Å². The Labute approximate surface area is 183 Å². The van der Waals surface area contributed by atoms with Crippen LogP contribution in [-0.4, -0.2) is 35.6 Å². The summed E-state index contributed by atoms with van der Waals surface area (Å²) in [6.07, 6.45) is 15.4. The molecule has 1 fully saturated rings. The summed E-state index contributed by atoms with van der Waals surface area (Å²) in [7, 11) is -1.56. The monoisotopic (exact) mass is 432 g/mol. The molecule has 0 spiro atoms. The number of allylic oxidation sites excluding steroid dienone is 3. The number of aliphatic carboxylic acids is 1. The van der Waals surface area contributed by atoms with E-state index in [1.807, 2.05) is 24.3 Å². The van der Waals surface area contributed by atoms with Crippen LogP contribution in [0.3, 0.4) is 0 Å². The van der Waals surface area contributed by atoms with E-state index in [1.54, 1.807) is 0 Å². The molecule has 1 rings (SSSR count). The Hall–Kier alpha value is -1.64. The second kappa shape index (κ2) is 12.9. The Morgan fingerprint density at radius 2 is 2.00 bits per heavy atom. The summed E-state index contributed by atoms with van der Waals surface area (Å²) in [5.41, 5.74) is 2.22. The average Bonchev–Trinajstić information content (AvgIpc) is 3.07. The van der Waals surface area contributed by atoms with Gasteiger partial charge < -0.3 is 10.2 Å². The summed E-state index contributed by atoms with van der Waals surface area (Å²) in [6.45, 7) is 8.65. The summed E-state index contributed by atoms with van der Waals surface area (Å²) in [4.78, 5) is 23.4. The SMILES string of the molecule is CCCCC[C@](O)(C#C[Si](C)(C)C)C=CCC=CCC[C@H](C(=O)O)[C@H]1CCCC1=O. The zero-order valence-corrected chi connectivity index (χ0v) is 20.2. The summed E-state index contributed by atoms with van der Waals surface area (Å²) >= 11 is 0. The van der Waals surface area contributed by atoms with Crippen molar-refractivity contribution in [1.29, 1.82) is 0 Å². The van der Waals surface area contributed by atoms with E-state index in [0.717, 1.165) is 25.7 Å². The maximum absolute atomic E-state index is 11.9. The number of aliphatic hydroxyl groups is 1. The van der Waals surface area contributed by atoms with Gasteiger partial charge in [-0.05, 0) is 51.0 Å². The van der Waals surface area contributed by atoms with Crippen molar-refractivity contribution in [3.05, 3.63) is 24.3 Å². The molecule has 1 saturated carbocycles. The van der Waals surface area contributed by atoms with Gasteiger partial charge in [-0.25, -0.2) is 0 Å². The molecule has 1 aliphatic carbocycles. The lowest BCUT2D eigenvalue weighted by Gasteiger charge is -2.19. The van der Waals surface area contributed by atoms with Crippen molar-refractivity contribution in [1.82, 2.24) is 0 Å². The molecule has 0 aromatic carbocycles. The molecule has 5 heteroatoms. The number of carboxylic acids is 1. The summed E-state index contributed by atoms with van der Waals surface area (Å²) in [5, 5.41) is 20.4. The number of unbranched alkanes of at least 4 members (excludes halogenated alkanes) is 2. The summed E-state index contributed by atoms with van der Waals surface area (Å²) < 4.78 is 0. The Balaban J connectivity index is 2.57. The third-order valence-electron chi connectivity index (χ3n) is 5.45. The standard InChI is InChI=1S/C25H40O4Si/c1-5-6-11-17-25(29,19-20-30(2,3)4)18-12-9-7-8-10-14-22(24(27)28)21-15-13-16-23(21)26/h7-8,12,18,21-22,29H,5-6,9-11,13-17H2,1-4H3,(H,27,28)/t21-,22+,25-/m1/s1. The van der Waals surface area contributed by atoms with Crippen molar-refractivity contribution in [2.24, 2.45) is 11.8 Å². The lowest BCUT2D eigenvalue weighted by atomic mass is 9.86. The van der Waals surface area contributed by atoms with Gasteiger partial charge in [0.25, 0.3) is 0 Å². The highest BCUT2D eigenvalue weighted by Crippen LogP contribution is 2.31. The van der Waals surface area contributed by atoms with Crippen molar-refractivity contribution in [2.75, 3.05) is 0 Å². The minimum Gasteiger partial charge on any atom is -0.481 e. The first kappa shape index (κ1) is 26.4. The molecular formula is C25H40O4Si. The molecule has 2 N–H and O–H groups in total. The summed E-state index contributed by atoms with van der Waals surface area (Å²) in [6, 6.07) is 0. The lowest BCUT2D eigenvalue weighted by Crippen LogP contribution is -2.26. The maximum atomic E-state index is 11.9. The minimum absolute atomic E-state index is 0.107. The fourth-order valence-electron chi connectivity index (χ4n) is 3.72. The number of rotatable bonds is 12. The number of carbonyl (C=O) groups is 2. The normalized spacial score (nSPS) is 20.3. The van der Waals surface area contributed by atoms with Gasteiger partial charge in [0.2, 0.25) is 0 Å². The molecule has 168 valence electrons. The minimum atomic E-state index is -1.56. The van der Waals surface area contributed by atoms with Crippen LogP contribution in [0.25, 0.3) is 0 Å². The van der Waals surface area contributed by atoms with Crippen LogP contribution in [-0.2, 0) is 9.59 Å². The second-order valence-corrected chi connectivity index (χ2v) is 14.2. The Morgan fingerprint density at radius 3 is 2.57 bits per heavy atom. The van der Waals surface area contributed by atoms with Gasteiger partial charge in [-0.3, -0.25) is 9.59 Å². The van der Waals surface area contributed by atoms with Crippen molar-refractivity contribution >= 4 is 19.8 Å². The van der Waals surface area contributed by atoms with Crippen LogP contribution in [0.2, 0.25) is 19.6 Å². The Morgan fingerprint density at radius 1 is 1.27 bits per heavy atom. The Kier molecular flexibility index (Phi) is 11.4. The molecule has 0 aromatic rings. The lowest BCUT2D eigenvalue weighted by molar-refractivity contribution is -0.146. The number of ketones is 1. The fraction of sp³-hybridized carbons (Fsp3) is 0.680. The summed E-state index contributed by atoms with van der Waals surface area (Å²) in [5.74, 6) is 1.49. The van der Waals surface area contributed by atoms with Crippen LogP contribution in [0, 0.1) is 23.3 Å². The smallest absolute Gasteiger partial charge is 0.307 e. The largest absolute Gasteiger partial charge is 0.481 e.